The molecule has 1 heterocycles. The van der Waals surface area contributed by atoms with Gasteiger partial charge in [0.2, 0.25) is 10.0 Å². The van der Waals surface area contributed by atoms with Crippen molar-refractivity contribution in [1.29, 1.82) is 0 Å². The molecule has 1 aliphatic heterocycles. The molecular formula is C15H22ClN4O4S+. The molecule has 2 rings (SSSR count). The van der Waals surface area contributed by atoms with Gasteiger partial charge in [-0.3, -0.25) is 10.1 Å². The zero-order chi connectivity index (χ0) is 18.4. The van der Waals surface area contributed by atoms with Gasteiger partial charge in [-0.05, 0) is 31.2 Å². The van der Waals surface area contributed by atoms with Crippen molar-refractivity contribution in [2.24, 2.45) is 0 Å². The summed E-state index contributed by atoms with van der Waals surface area (Å²) in [6.45, 7) is 3.95. The van der Waals surface area contributed by atoms with Crippen LogP contribution >= 0.6 is 11.6 Å². The zero-order valence-electron chi connectivity index (χ0n) is 13.9. The van der Waals surface area contributed by atoms with Crippen molar-refractivity contribution in [3.63, 3.8) is 0 Å². The van der Waals surface area contributed by atoms with Crippen LogP contribution in [-0.4, -0.2) is 63.9 Å². The van der Waals surface area contributed by atoms with E-state index >= 15 is 0 Å². The highest BCUT2D eigenvalue weighted by Crippen LogP contribution is 2.18. The van der Waals surface area contributed by atoms with Gasteiger partial charge >= 0.3 is 6.03 Å². The summed E-state index contributed by atoms with van der Waals surface area (Å²) in [5.74, 6) is -0.380. The van der Waals surface area contributed by atoms with E-state index in [4.69, 9.17) is 11.6 Å². The fourth-order valence-electron chi connectivity index (χ4n) is 2.58. The lowest BCUT2D eigenvalue weighted by molar-refractivity contribution is -0.895. The summed E-state index contributed by atoms with van der Waals surface area (Å²) in [5, 5.41) is 5.21. The van der Waals surface area contributed by atoms with Crippen molar-refractivity contribution in [2.75, 3.05) is 39.3 Å². The van der Waals surface area contributed by atoms with Crippen LogP contribution in [0.5, 0.6) is 0 Å². The van der Waals surface area contributed by atoms with Crippen LogP contribution < -0.4 is 15.5 Å². The summed E-state index contributed by atoms with van der Waals surface area (Å²) in [4.78, 5) is 24.2. The molecule has 3 N–H and O–H groups in total. The quantitative estimate of drug-likeness (QED) is 0.606. The molecule has 1 saturated heterocycles. The topological polar surface area (TPSA) is 100 Å². The minimum Gasteiger partial charge on any atom is -0.338 e. The van der Waals surface area contributed by atoms with Crippen LogP contribution in [0.4, 0.5) is 4.79 Å². The number of benzene rings is 1. The number of urea groups is 1. The molecular weight excluding hydrogens is 368 g/mol. The van der Waals surface area contributed by atoms with Crippen molar-refractivity contribution in [3.8, 4) is 0 Å². The average molecular weight is 390 g/mol. The van der Waals surface area contributed by atoms with Crippen molar-refractivity contribution < 1.29 is 22.9 Å². The van der Waals surface area contributed by atoms with Crippen LogP contribution in [0.25, 0.3) is 0 Å². The highest BCUT2D eigenvalue weighted by atomic mass is 35.5. The van der Waals surface area contributed by atoms with Crippen molar-refractivity contribution in [1.82, 2.24) is 14.9 Å². The number of nitrogens with one attached hydrogen (secondary N) is 3. The zero-order valence-corrected chi connectivity index (χ0v) is 15.5. The van der Waals surface area contributed by atoms with E-state index in [9.17, 15) is 18.0 Å². The molecule has 10 heteroatoms. The summed E-state index contributed by atoms with van der Waals surface area (Å²) in [5.41, 5.74) is 0. The number of quaternary nitrogens is 1. The number of piperazine rings is 1. The number of sulfonamides is 1. The van der Waals surface area contributed by atoms with Gasteiger partial charge in [0.05, 0.1) is 31.1 Å². The Balaban J connectivity index is 1.87. The van der Waals surface area contributed by atoms with Crippen molar-refractivity contribution in [3.05, 3.63) is 29.3 Å². The number of hydrogen-bond acceptors (Lipinski definition) is 4. The number of nitrogens with zero attached hydrogens (tertiary/aromatic N) is 1. The molecule has 0 radical (unpaired) electrons. The van der Waals surface area contributed by atoms with E-state index < -0.39 is 16.1 Å². The van der Waals surface area contributed by atoms with Crippen LogP contribution in [0.1, 0.15) is 6.92 Å². The molecule has 0 spiro atoms. The van der Waals surface area contributed by atoms with E-state index in [2.05, 4.69) is 10.6 Å². The molecule has 0 aromatic heterocycles. The number of halogens is 1. The van der Waals surface area contributed by atoms with Gasteiger partial charge < -0.3 is 10.2 Å². The minimum atomic E-state index is -3.56. The maximum absolute atomic E-state index is 12.6. The van der Waals surface area contributed by atoms with E-state index in [0.717, 1.165) is 4.90 Å². The number of amides is 3. The smallest absolute Gasteiger partial charge is 0.321 e. The molecule has 0 unspecified atom stereocenters. The Morgan fingerprint density at radius 3 is 2.36 bits per heavy atom. The molecule has 0 atom stereocenters. The van der Waals surface area contributed by atoms with Gasteiger partial charge in [0.1, 0.15) is 0 Å². The Labute approximate surface area is 152 Å². The van der Waals surface area contributed by atoms with Gasteiger partial charge in [-0.1, -0.05) is 11.6 Å². The highest BCUT2D eigenvalue weighted by Gasteiger charge is 2.31. The summed E-state index contributed by atoms with van der Waals surface area (Å²) in [6.07, 6.45) is 0. The maximum atomic E-state index is 12.6. The van der Waals surface area contributed by atoms with Gasteiger partial charge in [-0.25, -0.2) is 13.2 Å². The molecule has 1 aliphatic rings. The van der Waals surface area contributed by atoms with Crippen LogP contribution in [0.15, 0.2) is 29.2 Å². The third-order valence-corrected chi connectivity index (χ3v) is 6.05. The molecule has 0 saturated carbocycles. The molecule has 1 aromatic rings. The monoisotopic (exact) mass is 389 g/mol. The Morgan fingerprint density at radius 2 is 1.80 bits per heavy atom. The number of carbonyl (C=O) groups is 2. The van der Waals surface area contributed by atoms with E-state index in [0.29, 0.717) is 37.7 Å². The Kier molecular flexibility index (Phi) is 6.77. The molecule has 0 aliphatic carbocycles. The number of hydrogen-bond donors (Lipinski definition) is 3. The third kappa shape index (κ3) is 5.40. The number of rotatable bonds is 5. The first-order valence-electron chi connectivity index (χ1n) is 8.00. The molecule has 3 amide bonds. The average Bonchev–Trinajstić information content (AvgIpc) is 2.55. The summed E-state index contributed by atoms with van der Waals surface area (Å²) in [7, 11) is -3.56. The fraction of sp³-hybridized carbons (Fsp3) is 0.467. The summed E-state index contributed by atoms with van der Waals surface area (Å²) >= 11 is 5.79. The Hall–Kier alpha value is -1.68. The van der Waals surface area contributed by atoms with Crippen LogP contribution in [0.3, 0.4) is 0 Å². The first kappa shape index (κ1) is 19.6. The van der Waals surface area contributed by atoms with E-state index in [1.807, 2.05) is 0 Å². The normalized spacial score (nSPS) is 16.4. The molecule has 1 fully saturated rings. The lowest BCUT2D eigenvalue weighted by Gasteiger charge is -2.31. The van der Waals surface area contributed by atoms with Gasteiger partial charge in [-0.2, -0.15) is 4.31 Å². The van der Waals surface area contributed by atoms with Gasteiger partial charge in [0.15, 0.2) is 6.54 Å². The number of carbonyl (C=O) groups excluding carboxylic acids is 2. The molecule has 0 bridgehead atoms. The molecule has 1 aromatic carbocycles. The predicted octanol–water partition coefficient (Wildman–Crippen LogP) is -0.925. The molecule has 8 nitrogen and oxygen atoms in total. The molecule has 138 valence electrons. The maximum Gasteiger partial charge on any atom is 0.321 e. The lowest BCUT2D eigenvalue weighted by Crippen LogP contribution is -3.15. The van der Waals surface area contributed by atoms with Crippen molar-refractivity contribution >= 4 is 33.6 Å². The standard InChI is InChI=1S/C15H21ClN4O4S/c1-2-17-15(22)18-14(21)11-19-7-9-20(10-8-19)25(23,24)13-5-3-12(16)4-6-13/h3-6H,2,7-11H2,1H3,(H2,17,18,21,22)/p+1. The van der Waals surface area contributed by atoms with E-state index in [-0.39, 0.29) is 17.3 Å². The van der Waals surface area contributed by atoms with Crippen molar-refractivity contribution in [2.45, 2.75) is 11.8 Å². The third-order valence-electron chi connectivity index (χ3n) is 3.88. The second kappa shape index (κ2) is 8.61. The van der Waals surface area contributed by atoms with E-state index in [1.165, 1.54) is 16.4 Å². The van der Waals surface area contributed by atoms with Gasteiger partial charge in [-0.15, -0.1) is 0 Å². The predicted molar refractivity (Wildman–Crippen MR) is 93.0 cm³/mol. The molecule has 25 heavy (non-hydrogen) atoms. The lowest BCUT2D eigenvalue weighted by atomic mass is 10.3. The fourth-order valence-corrected chi connectivity index (χ4v) is 4.15. The van der Waals surface area contributed by atoms with Gasteiger partial charge in [0.25, 0.3) is 5.91 Å². The number of imide groups is 1. The SMILES string of the molecule is CCNC(=O)NC(=O)C[NH+]1CCN(S(=O)(=O)c2ccc(Cl)cc2)CC1. The largest absolute Gasteiger partial charge is 0.338 e. The summed E-state index contributed by atoms with van der Waals surface area (Å²) < 4.78 is 26.6. The van der Waals surface area contributed by atoms with Gasteiger partial charge in [0, 0.05) is 11.6 Å². The Morgan fingerprint density at radius 1 is 1.20 bits per heavy atom. The minimum absolute atomic E-state index is 0.131. The summed E-state index contributed by atoms with van der Waals surface area (Å²) in [6, 6.07) is 5.53. The van der Waals surface area contributed by atoms with Crippen LogP contribution in [-0.2, 0) is 14.8 Å². The van der Waals surface area contributed by atoms with E-state index in [1.54, 1.807) is 19.1 Å². The first-order valence-corrected chi connectivity index (χ1v) is 9.81. The highest BCUT2D eigenvalue weighted by molar-refractivity contribution is 7.89. The Bertz CT molecular complexity index is 716. The second-order valence-corrected chi connectivity index (χ2v) is 8.07. The van der Waals surface area contributed by atoms with Crippen LogP contribution in [0, 0.1) is 0 Å². The second-order valence-electron chi connectivity index (χ2n) is 5.69. The van der Waals surface area contributed by atoms with Crippen LogP contribution in [0.2, 0.25) is 5.02 Å². The first-order chi connectivity index (χ1) is 11.8.